The van der Waals surface area contributed by atoms with E-state index in [9.17, 15) is 4.79 Å². The molecule has 0 aliphatic carbocycles. The first-order chi connectivity index (χ1) is 14.1. The van der Waals surface area contributed by atoms with Gasteiger partial charge in [0.15, 0.2) is 11.7 Å². The maximum absolute atomic E-state index is 12.3. The largest absolute Gasteiger partial charge is 0.493 e. The first kappa shape index (κ1) is 19.0. The van der Waals surface area contributed by atoms with Gasteiger partial charge in [-0.2, -0.15) is 4.99 Å². The molecule has 0 atom stereocenters. The Labute approximate surface area is 173 Å². The third-order valence-corrected chi connectivity index (χ3v) is 5.21. The number of nitrogens with one attached hydrogen (secondary N) is 1. The van der Waals surface area contributed by atoms with Crippen LogP contribution in [-0.4, -0.2) is 35.0 Å². The van der Waals surface area contributed by atoms with Crippen molar-refractivity contribution >= 4 is 35.4 Å². The van der Waals surface area contributed by atoms with Crippen molar-refractivity contribution in [3.05, 3.63) is 77.6 Å². The number of hydrogen-bond donors (Lipinski definition) is 1. The molecular formula is C22H19N3O3S. The zero-order valence-electron chi connectivity index (χ0n) is 15.8. The summed E-state index contributed by atoms with van der Waals surface area (Å²) >= 11 is 1.75. The highest BCUT2D eigenvalue weighted by atomic mass is 32.2. The topological polar surface area (TPSA) is 75.0 Å². The van der Waals surface area contributed by atoms with Crippen molar-refractivity contribution in [2.24, 2.45) is 4.99 Å². The molecular weight excluding hydrogens is 386 g/mol. The van der Waals surface area contributed by atoms with E-state index in [1.165, 1.54) is 9.96 Å². The normalized spacial score (nSPS) is 17.0. The lowest BCUT2D eigenvalue weighted by molar-refractivity contribution is -0.114. The summed E-state index contributed by atoms with van der Waals surface area (Å²) in [6.45, 7) is 2.35. The van der Waals surface area contributed by atoms with Gasteiger partial charge in [-0.1, -0.05) is 30.3 Å². The Kier molecular flexibility index (Phi) is 5.48. The van der Waals surface area contributed by atoms with Crippen LogP contribution in [0.3, 0.4) is 0 Å². The maximum Gasteiger partial charge on any atom is 0.282 e. The molecule has 2 aromatic carbocycles. The summed E-state index contributed by atoms with van der Waals surface area (Å²) in [6, 6.07) is 17.6. The van der Waals surface area contributed by atoms with Crippen LogP contribution in [0.1, 0.15) is 12.5 Å². The van der Waals surface area contributed by atoms with Gasteiger partial charge in [0.05, 0.1) is 12.2 Å². The van der Waals surface area contributed by atoms with Crippen LogP contribution in [0, 0.1) is 5.41 Å². The van der Waals surface area contributed by atoms with Crippen LogP contribution in [0.5, 0.6) is 5.75 Å². The van der Waals surface area contributed by atoms with E-state index >= 15 is 0 Å². The van der Waals surface area contributed by atoms with Gasteiger partial charge in [-0.3, -0.25) is 10.2 Å². The molecule has 0 radical (unpaired) electrons. The number of aliphatic imine (C=N–C) groups is 1. The third-order valence-electron chi connectivity index (χ3n) is 4.24. The number of ether oxygens (including phenoxy) is 1. The van der Waals surface area contributed by atoms with Crippen LogP contribution in [0.15, 0.2) is 81.9 Å². The van der Waals surface area contributed by atoms with E-state index in [1.807, 2.05) is 42.5 Å². The Morgan fingerprint density at radius 1 is 1.17 bits per heavy atom. The van der Waals surface area contributed by atoms with E-state index in [4.69, 9.17) is 15.0 Å². The Morgan fingerprint density at radius 3 is 2.69 bits per heavy atom. The summed E-state index contributed by atoms with van der Waals surface area (Å²) < 4.78 is 5.78. The molecule has 29 heavy (non-hydrogen) atoms. The van der Waals surface area contributed by atoms with E-state index < -0.39 is 5.91 Å². The summed E-state index contributed by atoms with van der Waals surface area (Å²) in [5.41, 5.74) is 0.969. The number of allylic oxidation sites excluding steroid dienone is 1. The van der Waals surface area contributed by atoms with Gasteiger partial charge in [0.2, 0.25) is 0 Å². The molecule has 0 bridgehead atoms. The monoisotopic (exact) mass is 405 g/mol. The van der Waals surface area contributed by atoms with Crippen molar-refractivity contribution in [2.45, 2.75) is 11.8 Å². The minimum absolute atomic E-state index is 0.0219. The number of amides is 1. The Hall–Kier alpha value is -3.32. The van der Waals surface area contributed by atoms with Gasteiger partial charge in [0, 0.05) is 16.7 Å². The summed E-state index contributed by atoms with van der Waals surface area (Å²) in [5.74, 6) is 2.07. The van der Waals surface area contributed by atoms with Crippen LogP contribution in [0.4, 0.5) is 0 Å². The molecule has 146 valence electrons. The van der Waals surface area contributed by atoms with Crippen LogP contribution < -0.4 is 4.74 Å². The molecule has 1 amide bonds. The molecule has 2 heterocycles. The van der Waals surface area contributed by atoms with E-state index in [0.29, 0.717) is 18.2 Å². The van der Waals surface area contributed by atoms with Gasteiger partial charge in [-0.15, -0.1) is 16.8 Å². The molecule has 0 saturated heterocycles. The Bertz CT molecular complexity index is 1030. The van der Waals surface area contributed by atoms with Crippen molar-refractivity contribution in [1.29, 1.82) is 5.41 Å². The smallest absolute Gasteiger partial charge is 0.282 e. The second-order valence-corrected chi connectivity index (χ2v) is 7.57. The summed E-state index contributed by atoms with van der Waals surface area (Å²) in [4.78, 5) is 22.9. The number of benzene rings is 2. The number of thioether (sulfide) groups is 1. The van der Waals surface area contributed by atoms with Gasteiger partial charge < -0.3 is 9.57 Å². The average molecular weight is 405 g/mol. The molecule has 0 spiro atoms. The van der Waals surface area contributed by atoms with Crippen molar-refractivity contribution in [3.8, 4) is 5.75 Å². The van der Waals surface area contributed by atoms with Crippen molar-refractivity contribution < 1.29 is 14.4 Å². The van der Waals surface area contributed by atoms with Crippen LogP contribution >= 0.6 is 11.8 Å². The number of fused-ring (bicyclic) bond motifs is 1. The summed E-state index contributed by atoms with van der Waals surface area (Å²) in [6.07, 6.45) is 3.27. The molecule has 0 unspecified atom stereocenters. The van der Waals surface area contributed by atoms with Crippen LogP contribution in [0.25, 0.3) is 6.08 Å². The molecule has 2 aromatic rings. The minimum atomic E-state index is -0.450. The molecule has 4 rings (SSSR count). The molecule has 2 aliphatic heterocycles. The fourth-order valence-corrected chi connectivity index (χ4v) is 3.62. The number of amidine groups is 2. The highest BCUT2D eigenvalue weighted by Crippen LogP contribution is 2.24. The lowest BCUT2D eigenvalue weighted by atomic mass is 10.1. The van der Waals surface area contributed by atoms with Crippen LogP contribution in [-0.2, 0) is 9.63 Å². The predicted octanol–water partition coefficient (Wildman–Crippen LogP) is 4.31. The van der Waals surface area contributed by atoms with E-state index in [-0.39, 0.29) is 11.4 Å². The molecule has 0 aromatic heterocycles. The zero-order valence-corrected chi connectivity index (χ0v) is 16.6. The maximum atomic E-state index is 12.3. The van der Waals surface area contributed by atoms with Crippen molar-refractivity contribution in [2.75, 3.05) is 12.4 Å². The number of nitrogens with zero attached hydrogens (tertiary/aromatic N) is 2. The molecule has 6 nitrogen and oxygen atoms in total. The van der Waals surface area contributed by atoms with E-state index in [0.717, 1.165) is 17.1 Å². The van der Waals surface area contributed by atoms with E-state index in [1.54, 1.807) is 30.8 Å². The number of carbonyl (C=O) groups is 1. The predicted molar refractivity (Wildman–Crippen MR) is 114 cm³/mol. The number of rotatable bonds is 6. The van der Waals surface area contributed by atoms with Gasteiger partial charge in [0.1, 0.15) is 11.5 Å². The second kappa shape index (κ2) is 8.36. The fraction of sp³-hybridized carbons (Fsp3) is 0.136. The molecule has 1 N–H and O–H groups in total. The Balaban J connectivity index is 1.36. The fourth-order valence-electron chi connectivity index (χ4n) is 2.86. The molecule has 0 fully saturated rings. The molecule has 0 saturated carbocycles. The third kappa shape index (κ3) is 4.41. The first-order valence-electron chi connectivity index (χ1n) is 9.11. The van der Waals surface area contributed by atoms with Gasteiger partial charge in [0.25, 0.3) is 5.91 Å². The van der Waals surface area contributed by atoms with Gasteiger partial charge in [-0.25, -0.2) is 0 Å². The molecule has 2 aliphatic rings. The summed E-state index contributed by atoms with van der Waals surface area (Å²) in [5, 5.41) is 9.49. The number of hydrogen-bond acceptors (Lipinski definition) is 5. The average Bonchev–Trinajstić information content (AvgIpc) is 3.10. The SMILES string of the molecule is CC1=CC2=NC(=O)/C(=C/c3ccc(OCCSc4ccccc4)cc3)C(=N)N2O1. The first-order valence-corrected chi connectivity index (χ1v) is 10.1. The van der Waals surface area contributed by atoms with Gasteiger partial charge >= 0.3 is 0 Å². The lowest BCUT2D eigenvalue weighted by Crippen LogP contribution is -2.38. The zero-order chi connectivity index (χ0) is 20.2. The lowest BCUT2D eigenvalue weighted by Gasteiger charge is -2.22. The van der Waals surface area contributed by atoms with Crippen LogP contribution in [0.2, 0.25) is 0 Å². The van der Waals surface area contributed by atoms with Crippen molar-refractivity contribution in [3.63, 3.8) is 0 Å². The highest BCUT2D eigenvalue weighted by Gasteiger charge is 2.34. The number of carbonyl (C=O) groups excluding carboxylic acids is 1. The summed E-state index contributed by atoms with van der Waals surface area (Å²) in [7, 11) is 0. The second-order valence-electron chi connectivity index (χ2n) is 6.40. The highest BCUT2D eigenvalue weighted by molar-refractivity contribution is 7.99. The standard InChI is InChI=1S/C22H19N3O3S/c1-15-13-20-24-22(26)19(21(23)25(20)28-15)14-16-7-9-17(10-8-16)27-11-12-29-18-5-3-2-4-6-18/h2-10,13-14,23H,11-12H2,1H3/b19-14+,23-21?. The van der Waals surface area contributed by atoms with Gasteiger partial charge in [-0.05, 0) is 42.8 Å². The van der Waals surface area contributed by atoms with Crippen molar-refractivity contribution in [1.82, 2.24) is 5.06 Å². The quantitative estimate of drug-likeness (QED) is 0.440. The molecule has 7 heteroatoms. The minimum Gasteiger partial charge on any atom is -0.493 e. The number of hydroxylamine groups is 2. The Morgan fingerprint density at radius 2 is 1.93 bits per heavy atom. The van der Waals surface area contributed by atoms with E-state index in [2.05, 4.69) is 17.1 Å².